The van der Waals surface area contributed by atoms with Crippen molar-refractivity contribution in [3.05, 3.63) is 25.3 Å². The molecule has 106 valence electrons. The molecule has 2 rings (SSSR count). The van der Waals surface area contributed by atoms with E-state index in [1.54, 1.807) is 24.0 Å². The average Bonchev–Trinajstić information content (AvgIpc) is 2.80. The zero-order chi connectivity index (χ0) is 13.8. The van der Waals surface area contributed by atoms with Crippen LogP contribution in [0.3, 0.4) is 0 Å². The van der Waals surface area contributed by atoms with Crippen LogP contribution in [0.4, 0.5) is 0 Å². The van der Waals surface area contributed by atoms with Crippen LogP contribution in [0.25, 0.3) is 0 Å². The number of carbonyl (C=O) groups is 1. The van der Waals surface area contributed by atoms with E-state index in [1.165, 1.54) is 0 Å². The topological polar surface area (TPSA) is 48.0 Å². The quantitative estimate of drug-likeness (QED) is 0.676. The van der Waals surface area contributed by atoms with Crippen LogP contribution in [-0.2, 0) is 19.0 Å². The molecule has 1 amide bonds. The highest BCUT2D eigenvalue weighted by Crippen LogP contribution is 2.32. The predicted molar refractivity (Wildman–Crippen MR) is 70.5 cm³/mol. The molecule has 0 aromatic heterocycles. The monoisotopic (exact) mass is 267 g/mol. The van der Waals surface area contributed by atoms with E-state index in [2.05, 4.69) is 13.2 Å². The Morgan fingerprint density at radius 1 is 1.47 bits per heavy atom. The first kappa shape index (κ1) is 14.2. The van der Waals surface area contributed by atoms with E-state index in [9.17, 15) is 4.79 Å². The van der Waals surface area contributed by atoms with Crippen LogP contribution >= 0.6 is 0 Å². The molecule has 2 heterocycles. The number of rotatable bonds is 6. The molecule has 0 aromatic rings. The van der Waals surface area contributed by atoms with Gasteiger partial charge >= 0.3 is 0 Å². The third-order valence-electron chi connectivity index (χ3n) is 3.50. The lowest BCUT2D eigenvalue weighted by Crippen LogP contribution is -2.53. The number of carbonyl (C=O) groups excluding carboxylic acids is 1. The second-order valence-corrected chi connectivity index (χ2v) is 4.80. The summed E-state index contributed by atoms with van der Waals surface area (Å²) in [5.74, 6) is 0.0151. The Balaban J connectivity index is 2.08. The minimum Gasteiger partial charge on any atom is -0.369 e. The molecule has 19 heavy (non-hydrogen) atoms. The van der Waals surface area contributed by atoms with Crippen LogP contribution in [0.15, 0.2) is 25.3 Å². The summed E-state index contributed by atoms with van der Waals surface area (Å²) in [4.78, 5) is 13.5. The first-order valence-electron chi connectivity index (χ1n) is 6.55. The van der Waals surface area contributed by atoms with Crippen molar-refractivity contribution >= 4 is 5.91 Å². The van der Waals surface area contributed by atoms with Gasteiger partial charge in [-0.1, -0.05) is 12.2 Å². The fourth-order valence-corrected chi connectivity index (χ4v) is 2.64. The molecule has 4 atom stereocenters. The molecule has 0 spiro atoms. The summed E-state index contributed by atoms with van der Waals surface area (Å²) >= 11 is 0. The molecular weight excluding hydrogens is 246 g/mol. The van der Waals surface area contributed by atoms with Gasteiger partial charge in [0.05, 0.1) is 19.3 Å². The van der Waals surface area contributed by atoms with Gasteiger partial charge in [0.1, 0.15) is 12.2 Å². The lowest BCUT2D eigenvalue weighted by molar-refractivity contribution is -0.187. The minimum absolute atomic E-state index is 0.0151. The summed E-state index contributed by atoms with van der Waals surface area (Å²) < 4.78 is 17.0. The van der Waals surface area contributed by atoms with Crippen LogP contribution < -0.4 is 0 Å². The van der Waals surface area contributed by atoms with Crippen molar-refractivity contribution in [2.24, 2.45) is 0 Å². The zero-order valence-corrected chi connectivity index (χ0v) is 11.3. The zero-order valence-electron chi connectivity index (χ0n) is 11.3. The van der Waals surface area contributed by atoms with Crippen molar-refractivity contribution < 1.29 is 19.0 Å². The molecule has 0 N–H and O–H groups in total. The number of amides is 1. The molecule has 2 bridgehead atoms. The molecule has 2 aliphatic heterocycles. The van der Waals surface area contributed by atoms with E-state index in [-0.39, 0.29) is 30.4 Å². The molecule has 5 nitrogen and oxygen atoms in total. The second kappa shape index (κ2) is 6.32. The van der Waals surface area contributed by atoms with Gasteiger partial charge in [-0.15, -0.1) is 13.2 Å². The molecule has 2 saturated heterocycles. The average molecular weight is 267 g/mol. The predicted octanol–water partition coefficient (Wildman–Crippen LogP) is 1.11. The molecule has 4 unspecified atom stereocenters. The van der Waals surface area contributed by atoms with Crippen LogP contribution in [0.5, 0.6) is 0 Å². The molecular formula is C14H21NO4. The Hall–Kier alpha value is -1.17. The SMILES string of the molecule is C=CCOC1CC(N(CC=C)C(C)=O)C2COC1O2. The first-order valence-corrected chi connectivity index (χ1v) is 6.55. The summed E-state index contributed by atoms with van der Waals surface area (Å²) in [7, 11) is 0. The fraction of sp³-hybridized carbons (Fsp3) is 0.643. The Labute approximate surface area is 113 Å². The summed E-state index contributed by atoms with van der Waals surface area (Å²) in [6.45, 7) is 10.4. The van der Waals surface area contributed by atoms with E-state index in [0.717, 1.165) is 6.42 Å². The van der Waals surface area contributed by atoms with Crippen molar-refractivity contribution in [3.8, 4) is 0 Å². The van der Waals surface area contributed by atoms with Crippen molar-refractivity contribution in [1.29, 1.82) is 0 Å². The Bertz CT molecular complexity index is 357. The van der Waals surface area contributed by atoms with E-state index >= 15 is 0 Å². The first-order chi connectivity index (χ1) is 9.17. The Morgan fingerprint density at radius 2 is 2.26 bits per heavy atom. The van der Waals surface area contributed by atoms with Gasteiger partial charge in [0.2, 0.25) is 5.91 Å². The van der Waals surface area contributed by atoms with Gasteiger partial charge in [-0.3, -0.25) is 4.79 Å². The summed E-state index contributed by atoms with van der Waals surface area (Å²) in [5.41, 5.74) is 0. The lowest BCUT2D eigenvalue weighted by atomic mass is 9.99. The van der Waals surface area contributed by atoms with E-state index in [1.807, 2.05) is 0 Å². The van der Waals surface area contributed by atoms with Crippen LogP contribution in [0.2, 0.25) is 0 Å². The highest BCUT2D eigenvalue weighted by Gasteiger charge is 2.47. The van der Waals surface area contributed by atoms with E-state index < -0.39 is 0 Å². The van der Waals surface area contributed by atoms with Gasteiger partial charge in [0, 0.05) is 19.9 Å². The Kier molecular flexibility index (Phi) is 4.74. The largest absolute Gasteiger partial charge is 0.369 e. The second-order valence-electron chi connectivity index (χ2n) is 4.80. The van der Waals surface area contributed by atoms with Crippen LogP contribution in [0.1, 0.15) is 13.3 Å². The normalized spacial score (nSPS) is 32.9. The smallest absolute Gasteiger partial charge is 0.220 e. The molecule has 0 aliphatic carbocycles. The molecule has 2 fully saturated rings. The van der Waals surface area contributed by atoms with E-state index in [0.29, 0.717) is 19.8 Å². The van der Waals surface area contributed by atoms with E-state index in [4.69, 9.17) is 14.2 Å². The minimum atomic E-state index is -0.321. The van der Waals surface area contributed by atoms with Crippen LogP contribution in [0, 0.1) is 0 Å². The highest BCUT2D eigenvalue weighted by molar-refractivity contribution is 5.73. The Morgan fingerprint density at radius 3 is 2.89 bits per heavy atom. The summed E-state index contributed by atoms with van der Waals surface area (Å²) in [5, 5.41) is 0. The number of ether oxygens (including phenoxy) is 3. The molecule has 0 saturated carbocycles. The molecule has 5 heteroatoms. The molecule has 2 aliphatic rings. The van der Waals surface area contributed by atoms with Gasteiger partial charge in [-0.25, -0.2) is 0 Å². The van der Waals surface area contributed by atoms with Crippen molar-refractivity contribution in [1.82, 2.24) is 4.90 Å². The van der Waals surface area contributed by atoms with Crippen LogP contribution in [-0.4, -0.2) is 55.1 Å². The maximum absolute atomic E-state index is 11.8. The molecule has 0 radical (unpaired) electrons. The van der Waals surface area contributed by atoms with Crippen molar-refractivity contribution in [3.63, 3.8) is 0 Å². The maximum atomic E-state index is 11.8. The third kappa shape index (κ3) is 3.05. The van der Waals surface area contributed by atoms with Crippen molar-refractivity contribution in [2.75, 3.05) is 19.8 Å². The fourth-order valence-electron chi connectivity index (χ4n) is 2.64. The number of hydrogen-bond donors (Lipinski definition) is 0. The van der Waals surface area contributed by atoms with Gasteiger partial charge in [-0.2, -0.15) is 0 Å². The van der Waals surface area contributed by atoms with Crippen molar-refractivity contribution in [2.45, 2.75) is 37.9 Å². The lowest BCUT2D eigenvalue weighted by Gasteiger charge is -2.39. The number of hydrogen-bond acceptors (Lipinski definition) is 4. The number of fused-ring (bicyclic) bond motifs is 2. The number of nitrogens with zero attached hydrogens (tertiary/aromatic N) is 1. The van der Waals surface area contributed by atoms with Gasteiger partial charge < -0.3 is 19.1 Å². The standard InChI is InChI=1S/C14H21NO4/c1-4-6-15(10(3)16)11-8-12(17-7-5-2)14-18-9-13(11)19-14/h4-5,11-14H,1-2,6-9H2,3H3. The van der Waals surface area contributed by atoms with Gasteiger partial charge in [0.15, 0.2) is 6.29 Å². The summed E-state index contributed by atoms with van der Waals surface area (Å²) in [6, 6.07) is -0.0240. The maximum Gasteiger partial charge on any atom is 0.220 e. The molecule has 0 aromatic carbocycles. The van der Waals surface area contributed by atoms with Gasteiger partial charge in [0.25, 0.3) is 0 Å². The van der Waals surface area contributed by atoms with Gasteiger partial charge in [-0.05, 0) is 0 Å². The highest BCUT2D eigenvalue weighted by atomic mass is 16.7. The third-order valence-corrected chi connectivity index (χ3v) is 3.50. The summed E-state index contributed by atoms with van der Waals surface area (Å²) in [6.07, 6.45) is 3.59.